The van der Waals surface area contributed by atoms with Gasteiger partial charge in [0.15, 0.2) is 5.69 Å². The molecule has 9 aromatic carbocycles. The summed E-state index contributed by atoms with van der Waals surface area (Å²) < 4.78 is 42.7. The molecule has 11 heterocycles. The summed E-state index contributed by atoms with van der Waals surface area (Å²) in [4.78, 5) is 162. The van der Waals surface area contributed by atoms with Gasteiger partial charge in [0.05, 0.1) is 58.1 Å². The van der Waals surface area contributed by atoms with E-state index < -0.39 is 54.0 Å². The molecule has 147 heavy (non-hydrogen) atoms. The van der Waals surface area contributed by atoms with Crippen molar-refractivity contribution in [2.75, 3.05) is 117 Å². The summed E-state index contributed by atoms with van der Waals surface area (Å²) in [6.07, 6.45) is 3.03. The fraction of sp³-hybridized carbons (Fsp3) is 0.262. The fourth-order valence-corrected chi connectivity index (χ4v) is 17.0. The molecule has 12 amide bonds. The molecule has 7 aliphatic rings. The van der Waals surface area contributed by atoms with Gasteiger partial charge in [-0.2, -0.15) is 10.4 Å². The highest BCUT2D eigenvalue weighted by Gasteiger charge is 2.40. The maximum Gasteiger partial charge on any atom is 0.291 e. The van der Waals surface area contributed by atoms with Gasteiger partial charge in [-0.25, -0.2) is 4.98 Å². The Kier molecular flexibility index (Phi) is 33.6. The highest BCUT2D eigenvalue weighted by molar-refractivity contribution is 6.07. The number of fused-ring (bicyclic) bond motifs is 7. The zero-order valence-corrected chi connectivity index (χ0v) is 81.9. The van der Waals surface area contributed by atoms with Crippen molar-refractivity contribution in [3.8, 4) is 40.6 Å². The quantitative estimate of drug-likeness (QED) is 0.0398. The molecule has 4 aromatic heterocycles. The Labute approximate surface area is 845 Å². The first-order valence-electron chi connectivity index (χ1n) is 47.2. The van der Waals surface area contributed by atoms with Crippen molar-refractivity contribution in [2.45, 2.75) is 88.9 Å². The molecule has 8 N–H and O–H groups in total. The van der Waals surface area contributed by atoms with Crippen LogP contribution < -0.4 is 95.0 Å². The number of anilines is 6. The third-order valence-electron chi connectivity index (χ3n) is 24.8. The van der Waals surface area contributed by atoms with Gasteiger partial charge in [0.2, 0.25) is 23.5 Å². The number of para-hydroxylation sites is 12. The summed E-state index contributed by atoms with van der Waals surface area (Å²) in [5, 5.41) is 42.9. The maximum atomic E-state index is 13.2. The van der Waals surface area contributed by atoms with Crippen molar-refractivity contribution in [1.29, 1.82) is 5.26 Å². The van der Waals surface area contributed by atoms with E-state index in [-0.39, 0.29) is 117 Å². The SMILES string of the molecule is CC(=O)N[C@H]1COc2ccccc2N(C)C1=O.CCN1C(=O)[C@@H](NC(=O)c2cc(Cc3ccccc3)on2)COc2ccccc21.CN1C(=O)[C@@H](NC(=O)c2ccc(C#N)n2C)COc2ccccc21.CN1C(=O)[C@@H](NC(=O)c2cnn3c2[C@@H](c2ccccc2)CC3)COc2ccccc21.CN1C(=O)[C@@H](NCC(=O)NCc2ccccc2)COc2ccccc21.Cc1nc(C(=O)N[C@H]2COc3ccccc3N(C)C2=O)n[nH]1. The predicted octanol–water partition coefficient (Wildman–Crippen LogP) is 8.56. The van der Waals surface area contributed by atoms with Crippen molar-refractivity contribution in [1.82, 2.24) is 71.9 Å². The van der Waals surface area contributed by atoms with Gasteiger partial charge in [-0.05, 0) is 122 Å². The summed E-state index contributed by atoms with van der Waals surface area (Å²) in [6, 6.07) is 75.6. The third-order valence-corrected chi connectivity index (χ3v) is 24.8. The molecule has 0 radical (unpaired) electrons. The van der Waals surface area contributed by atoms with Crippen molar-refractivity contribution in [3.63, 3.8) is 0 Å². The molecule has 0 bridgehead atoms. The second kappa shape index (κ2) is 48.0. The Morgan fingerprint density at radius 2 is 0.844 bits per heavy atom. The number of aromatic nitrogens is 7. The molecule has 0 unspecified atom stereocenters. The van der Waals surface area contributed by atoms with Crippen LogP contribution in [0.5, 0.6) is 34.5 Å². The third kappa shape index (κ3) is 24.9. The minimum atomic E-state index is -0.816. The number of aromatic amines is 1. The molecule has 40 nitrogen and oxygen atoms in total. The summed E-state index contributed by atoms with van der Waals surface area (Å²) in [6.45, 7) is 7.26. The van der Waals surface area contributed by atoms with E-state index in [9.17, 15) is 57.5 Å². The lowest BCUT2D eigenvalue weighted by Crippen LogP contribution is -2.50. The lowest BCUT2D eigenvalue weighted by Gasteiger charge is -2.22. The number of ether oxygens (including phenoxy) is 6. The molecule has 0 saturated heterocycles. The summed E-state index contributed by atoms with van der Waals surface area (Å²) >= 11 is 0. The van der Waals surface area contributed by atoms with Crippen LogP contribution in [-0.4, -0.2) is 230 Å². The monoisotopic (exact) mass is 1990 g/mol. The average Bonchev–Trinajstić information content (AvgIpc) is 1.62. The predicted molar refractivity (Wildman–Crippen MR) is 542 cm³/mol. The highest BCUT2D eigenvalue weighted by atomic mass is 16.5. The smallest absolute Gasteiger partial charge is 0.291 e. The molecule has 0 saturated carbocycles. The van der Waals surface area contributed by atoms with Crippen molar-refractivity contribution in [2.24, 2.45) is 7.05 Å². The lowest BCUT2D eigenvalue weighted by atomic mass is 9.92. The summed E-state index contributed by atoms with van der Waals surface area (Å²) in [5.41, 5.74) is 9.62. The van der Waals surface area contributed by atoms with Gasteiger partial charge in [-0.3, -0.25) is 72.6 Å². The molecule has 0 aliphatic carbocycles. The van der Waals surface area contributed by atoms with Crippen molar-refractivity contribution in [3.05, 3.63) is 323 Å². The van der Waals surface area contributed by atoms with E-state index in [0.29, 0.717) is 111 Å². The Morgan fingerprint density at radius 1 is 0.449 bits per heavy atom. The molecule has 0 spiro atoms. The topological polar surface area (TPSA) is 478 Å². The number of aryl methyl sites for hydroxylation is 2. The van der Waals surface area contributed by atoms with E-state index in [0.717, 1.165) is 41.0 Å². The summed E-state index contributed by atoms with van der Waals surface area (Å²) in [5.74, 6) is 1.56. The van der Waals surface area contributed by atoms with Crippen molar-refractivity contribution >= 4 is 105 Å². The molecule has 0 fully saturated rings. The first-order chi connectivity index (χ1) is 71.1. The minimum Gasteiger partial charge on any atom is -0.489 e. The van der Waals surface area contributed by atoms with Crippen LogP contribution in [0, 0.1) is 18.3 Å². The van der Waals surface area contributed by atoms with Gasteiger partial charge in [0, 0.05) is 87.2 Å². The number of carbonyl (C=O) groups excluding carboxylic acids is 12. The minimum absolute atomic E-state index is 0.00489. The van der Waals surface area contributed by atoms with E-state index in [2.05, 4.69) is 74.8 Å². The van der Waals surface area contributed by atoms with Crippen LogP contribution in [0.2, 0.25) is 0 Å². The highest BCUT2D eigenvalue weighted by Crippen LogP contribution is 2.39. The average molecular weight is 1990 g/mol. The standard InChI is InChI=1S/C23H22N4O3.C22H21N3O4.C19H21N3O3.C17H16N4O3.C14H15N5O3.C12H14N2O3/c1-26-19-9-5-6-10-20(19)30-14-18(23(26)29)25-22(28)17-13-24-27-12-11-16(21(17)27)15-7-3-2-4-8-15;1-2-25-19-10-6-7-11-20(19)28-14-18(22(25)27)23-21(26)17-13-16(29-24-17)12-15-8-4-3-5-9-15;1-22-16-9-5-6-10-17(16)25-13-15(19(22)24)20-12-18(23)21-11-14-7-3-2-4-8-14;1-20-11(9-18)7-8-14(20)16(22)19-12-10-24-15-6-4-3-5-13(15)21(2)17(12)23;1-8-15-12(18-17-8)13(20)16-9-7-22-11-6-4-3-5-10(11)19(2)14(9)21;1-8(15)13-9-7-17-11-6-4-3-5-10(11)14(2)12(9)16/h2-10,13,16,18H,11-12,14H2,1H3,(H,25,28);3-11,13,18H,2,12,14H2,1H3,(H,23,26);2-10,15,20H,11-13H2,1H3,(H,21,23);3-8,12H,10H2,1-2H3,(H,19,22);3-6,9H,7H2,1-2H3,(H,16,20)(H,15,17,18);3-6,9H,7H2,1-2H3,(H,13,15)/t16-,18+;18-;15-;12-;2*9-/m100000/s1. The molecular formula is C107H109N21O19. The Hall–Kier alpha value is -18.3. The van der Waals surface area contributed by atoms with E-state index in [1.165, 1.54) is 31.1 Å². The first kappa shape index (κ1) is 103. The molecule has 13 aromatic rings. The van der Waals surface area contributed by atoms with Gasteiger partial charge in [0.25, 0.3) is 53.2 Å². The molecule has 756 valence electrons. The van der Waals surface area contributed by atoms with Crippen LogP contribution >= 0.6 is 0 Å². The second-order valence-corrected chi connectivity index (χ2v) is 34.6. The number of hydrogen-bond donors (Lipinski definition) is 8. The van der Waals surface area contributed by atoms with Crippen LogP contribution in [0.4, 0.5) is 34.1 Å². The number of nitrogens with zero attached hydrogens (tertiary/aromatic N) is 13. The van der Waals surface area contributed by atoms with Gasteiger partial charge >= 0.3 is 0 Å². The second-order valence-electron chi connectivity index (χ2n) is 34.6. The van der Waals surface area contributed by atoms with E-state index in [1.54, 1.807) is 114 Å². The fourth-order valence-electron chi connectivity index (χ4n) is 17.0. The maximum absolute atomic E-state index is 13.2. The van der Waals surface area contributed by atoms with Gasteiger partial charge in [-0.1, -0.05) is 169 Å². The van der Waals surface area contributed by atoms with Crippen LogP contribution in [0.25, 0.3) is 0 Å². The van der Waals surface area contributed by atoms with Crippen LogP contribution in [-0.2, 0) is 64.9 Å². The number of carbonyl (C=O) groups is 12. The number of likely N-dealkylation sites (N-methyl/N-ethyl adjacent to an activating group) is 6. The molecule has 40 heteroatoms. The number of nitrogens with one attached hydrogen (secondary N) is 8. The zero-order chi connectivity index (χ0) is 104. The van der Waals surface area contributed by atoms with Gasteiger partial charge in [-0.15, -0.1) is 5.10 Å². The van der Waals surface area contributed by atoms with E-state index >= 15 is 0 Å². The first-order valence-corrected chi connectivity index (χ1v) is 47.2. The number of H-pyrrole nitrogens is 1. The lowest BCUT2D eigenvalue weighted by molar-refractivity contribution is -0.126. The number of rotatable bonds is 18. The summed E-state index contributed by atoms with van der Waals surface area (Å²) in [7, 11) is 9.99. The Balaban J connectivity index is 0.000000133. The zero-order valence-electron chi connectivity index (χ0n) is 81.9. The number of hydrogen-bond acceptors (Lipinski definition) is 25. The molecule has 7 atom stereocenters. The molecular weight excluding hydrogens is 1880 g/mol. The normalized spacial score (nSPS) is 17.6. The Bertz CT molecular complexity index is 7010. The number of amides is 12. The number of benzene rings is 9. The van der Waals surface area contributed by atoms with Gasteiger partial charge < -0.3 is 98.8 Å². The van der Waals surface area contributed by atoms with Gasteiger partial charge in [0.1, 0.15) is 139 Å². The Morgan fingerprint density at radius 3 is 1.29 bits per heavy atom. The number of nitriles is 1. The van der Waals surface area contributed by atoms with E-state index in [4.69, 9.17) is 38.2 Å². The molecule has 7 aliphatic heterocycles. The molecule has 20 rings (SSSR count). The van der Waals surface area contributed by atoms with Crippen LogP contribution in [0.1, 0.15) is 108 Å². The van der Waals surface area contributed by atoms with E-state index in [1.807, 2.05) is 212 Å². The van der Waals surface area contributed by atoms with Crippen molar-refractivity contribution < 1.29 is 90.5 Å². The van der Waals surface area contributed by atoms with Crippen LogP contribution in [0.15, 0.2) is 266 Å². The van der Waals surface area contributed by atoms with Crippen LogP contribution in [0.3, 0.4) is 0 Å². The largest absolute Gasteiger partial charge is 0.489 e.